The van der Waals surface area contributed by atoms with E-state index in [9.17, 15) is 0 Å². The molecule has 0 spiro atoms. The summed E-state index contributed by atoms with van der Waals surface area (Å²) in [5.74, 6) is 0. The van der Waals surface area contributed by atoms with Gasteiger partial charge in [0, 0.05) is 4.83 Å². The number of alkyl halides is 1. The first-order valence-corrected chi connectivity index (χ1v) is 7.30. The molecule has 1 aromatic carbocycles. The monoisotopic (exact) mass is 280 g/mol. The maximum absolute atomic E-state index is 3.93. The second-order valence-corrected chi connectivity index (χ2v) is 6.48. The second kappa shape index (κ2) is 5.35. The lowest BCUT2D eigenvalue weighted by Gasteiger charge is -2.38. The summed E-state index contributed by atoms with van der Waals surface area (Å²) in [6, 6.07) is 10.8. The molecule has 0 bridgehead atoms. The van der Waals surface area contributed by atoms with E-state index in [0.717, 1.165) is 6.42 Å². The highest BCUT2D eigenvalue weighted by molar-refractivity contribution is 9.09. The lowest BCUT2D eigenvalue weighted by Crippen LogP contribution is -2.31. The summed E-state index contributed by atoms with van der Waals surface area (Å²) in [5.41, 5.74) is 1.96. The van der Waals surface area contributed by atoms with Gasteiger partial charge in [0.05, 0.1) is 0 Å². The molecule has 0 radical (unpaired) electrons. The molecular formula is C15H21Br. The van der Waals surface area contributed by atoms with Crippen molar-refractivity contribution in [2.24, 2.45) is 5.41 Å². The van der Waals surface area contributed by atoms with Gasteiger partial charge in [-0.1, -0.05) is 72.4 Å². The van der Waals surface area contributed by atoms with Crippen LogP contribution in [0.1, 0.15) is 44.6 Å². The van der Waals surface area contributed by atoms with Crippen molar-refractivity contribution in [2.45, 2.75) is 50.3 Å². The summed E-state index contributed by atoms with van der Waals surface area (Å²) in [5, 5.41) is 0. The maximum Gasteiger partial charge on any atom is 0.0239 e. The minimum absolute atomic E-state index is 0.508. The van der Waals surface area contributed by atoms with Gasteiger partial charge >= 0.3 is 0 Å². The first-order valence-electron chi connectivity index (χ1n) is 6.39. The summed E-state index contributed by atoms with van der Waals surface area (Å²) < 4.78 is 0. The van der Waals surface area contributed by atoms with Crippen LogP contribution in [0.4, 0.5) is 0 Å². The summed E-state index contributed by atoms with van der Waals surface area (Å²) in [6.45, 7) is 2.45. The van der Waals surface area contributed by atoms with Gasteiger partial charge in [-0.3, -0.25) is 0 Å². The van der Waals surface area contributed by atoms with Crippen LogP contribution in [-0.4, -0.2) is 4.83 Å². The van der Waals surface area contributed by atoms with Crippen LogP contribution in [0.2, 0.25) is 0 Å². The third kappa shape index (κ3) is 2.88. The Bertz CT molecular complexity index is 311. The minimum Gasteiger partial charge on any atom is -0.0881 e. The van der Waals surface area contributed by atoms with Crippen molar-refractivity contribution in [1.29, 1.82) is 0 Å². The summed E-state index contributed by atoms with van der Waals surface area (Å²) in [6.07, 6.45) is 8.18. The molecule has 1 atom stereocenters. The van der Waals surface area contributed by atoms with Crippen LogP contribution < -0.4 is 0 Å². The van der Waals surface area contributed by atoms with Crippen LogP contribution in [0.5, 0.6) is 0 Å². The molecule has 1 saturated carbocycles. The number of rotatable bonds is 3. The van der Waals surface area contributed by atoms with Gasteiger partial charge in [0.15, 0.2) is 0 Å². The molecule has 1 aliphatic carbocycles. The largest absolute Gasteiger partial charge is 0.0881 e. The zero-order valence-corrected chi connectivity index (χ0v) is 11.7. The molecule has 1 unspecified atom stereocenters. The molecule has 1 aliphatic rings. The Morgan fingerprint density at radius 1 is 1.12 bits per heavy atom. The van der Waals surface area contributed by atoms with E-state index in [1.807, 2.05) is 0 Å². The van der Waals surface area contributed by atoms with Gasteiger partial charge < -0.3 is 0 Å². The van der Waals surface area contributed by atoms with E-state index >= 15 is 0 Å². The van der Waals surface area contributed by atoms with Gasteiger partial charge in [0.2, 0.25) is 0 Å². The van der Waals surface area contributed by atoms with E-state index in [-0.39, 0.29) is 0 Å². The molecule has 0 nitrogen and oxygen atoms in total. The van der Waals surface area contributed by atoms with Crippen LogP contribution in [-0.2, 0) is 6.42 Å². The molecule has 16 heavy (non-hydrogen) atoms. The Hall–Kier alpha value is -0.300. The number of benzene rings is 1. The number of hydrogen-bond donors (Lipinski definition) is 0. The highest BCUT2D eigenvalue weighted by Gasteiger charge is 2.33. The van der Waals surface area contributed by atoms with E-state index in [0.29, 0.717) is 10.2 Å². The summed E-state index contributed by atoms with van der Waals surface area (Å²) >= 11 is 3.93. The quantitative estimate of drug-likeness (QED) is 0.687. The van der Waals surface area contributed by atoms with Crippen molar-refractivity contribution in [1.82, 2.24) is 0 Å². The van der Waals surface area contributed by atoms with Crippen molar-refractivity contribution < 1.29 is 0 Å². The summed E-state index contributed by atoms with van der Waals surface area (Å²) in [4.78, 5) is 0.628. The molecule has 88 valence electrons. The fourth-order valence-corrected chi connectivity index (χ4v) is 3.57. The van der Waals surface area contributed by atoms with Gasteiger partial charge in [-0.05, 0) is 30.2 Å². The Balaban J connectivity index is 1.99. The average molecular weight is 281 g/mol. The van der Waals surface area contributed by atoms with Crippen molar-refractivity contribution in [3.05, 3.63) is 35.9 Å². The Morgan fingerprint density at radius 2 is 1.75 bits per heavy atom. The SMILES string of the molecule is CC1(C(Br)Cc2ccccc2)CCCCC1. The smallest absolute Gasteiger partial charge is 0.0239 e. The average Bonchev–Trinajstić information content (AvgIpc) is 2.31. The van der Waals surface area contributed by atoms with Crippen LogP contribution in [0.15, 0.2) is 30.3 Å². The topological polar surface area (TPSA) is 0 Å². The van der Waals surface area contributed by atoms with Crippen molar-refractivity contribution in [3.63, 3.8) is 0 Å². The van der Waals surface area contributed by atoms with E-state index in [1.165, 1.54) is 37.7 Å². The molecule has 1 aromatic rings. The van der Waals surface area contributed by atoms with Gasteiger partial charge in [-0.25, -0.2) is 0 Å². The predicted molar refractivity (Wildman–Crippen MR) is 74.1 cm³/mol. The summed E-state index contributed by atoms with van der Waals surface area (Å²) in [7, 11) is 0. The van der Waals surface area contributed by atoms with E-state index in [1.54, 1.807) is 0 Å². The standard InChI is InChI=1S/C15H21Br/c1-15(10-6-3-7-11-15)14(16)12-13-8-4-2-5-9-13/h2,4-5,8-9,14H,3,6-7,10-12H2,1H3. The first-order chi connectivity index (χ1) is 7.71. The normalized spacial score (nSPS) is 21.6. The number of hydrogen-bond acceptors (Lipinski definition) is 0. The highest BCUT2D eigenvalue weighted by Crippen LogP contribution is 2.43. The molecule has 2 rings (SSSR count). The van der Waals surface area contributed by atoms with Gasteiger partial charge in [0.25, 0.3) is 0 Å². The molecule has 0 aromatic heterocycles. The second-order valence-electron chi connectivity index (χ2n) is 5.37. The molecule has 1 heteroatoms. The van der Waals surface area contributed by atoms with Crippen LogP contribution in [0.25, 0.3) is 0 Å². The minimum atomic E-state index is 0.508. The Labute approximate surface area is 108 Å². The van der Waals surface area contributed by atoms with E-state index in [2.05, 4.69) is 53.2 Å². The van der Waals surface area contributed by atoms with E-state index < -0.39 is 0 Å². The van der Waals surface area contributed by atoms with Gasteiger partial charge in [-0.2, -0.15) is 0 Å². The highest BCUT2D eigenvalue weighted by atomic mass is 79.9. The fraction of sp³-hybridized carbons (Fsp3) is 0.600. The Morgan fingerprint density at radius 3 is 2.38 bits per heavy atom. The van der Waals surface area contributed by atoms with Crippen LogP contribution in [0.3, 0.4) is 0 Å². The molecule has 0 heterocycles. The first kappa shape index (κ1) is 12.2. The van der Waals surface area contributed by atoms with Crippen LogP contribution in [0, 0.1) is 5.41 Å². The van der Waals surface area contributed by atoms with Gasteiger partial charge in [-0.15, -0.1) is 0 Å². The molecule has 1 fully saturated rings. The Kier molecular flexibility index (Phi) is 4.07. The lowest BCUT2D eigenvalue weighted by molar-refractivity contribution is 0.211. The van der Waals surface area contributed by atoms with Crippen LogP contribution >= 0.6 is 15.9 Å². The van der Waals surface area contributed by atoms with Crippen molar-refractivity contribution >= 4 is 15.9 Å². The maximum atomic E-state index is 3.93. The molecule has 0 saturated heterocycles. The van der Waals surface area contributed by atoms with Crippen molar-refractivity contribution in [2.75, 3.05) is 0 Å². The molecule has 0 aliphatic heterocycles. The van der Waals surface area contributed by atoms with Crippen molar-refractivity contribution in [3.8, 4) is 0 Å². The lowest BCUT2D eigenvalue weighted by atomic mass is 9.72. The predicted octanol–water partition coefficient (Wildman–Crippen LogP) is 4.96. The van der Waals surface area contributed by atoms with E-state index in [4.69, 9.17) is 0 Å². The zero-order valence-electron chi connectivity index (χ0n) is 10.1. The molecule has 0 N–H and O–H groups in total. The zero-order chi connectivity index (χ0) is 11.4. The number of halogens is 1. The third-order valence-electron chi connectivity index (χ3n) is 4.01. The fourth-order valence-electron chi connectivity index (χ4n) is 2.74. The molecular weight excluding hydrogens is 260 g/mol. The third-order valence-corrected chi connectivity index (χ3v) is 5.44. The molecule has 0 amide bonds. The van der Waals surface area contributed by atoms with Gasteiger partial charge in [0.1, 0.15) is 0 Å².